The summed E-state index contributed by atoms with van der Waals surface area (Å²) in [6.07, 6.45) is 0.686. The van der Waals surface area contributed by atoms with Crippen LogP contribution in [0.4, 0.5) is 0 Å². The number of hydrogen-bond acceptors (Lipinski definition) is 4. The van der Waals surface area contributed by atoms with Crippen LogP contribution in [-0.4, -0.2) is 33.3 Å². The maximum atomic E-state index is 12.0. The van der Waals surface area contributed by atoms with Gasteiger partial charge in [0.15, 0.2) is 18.1 Å². The summed E-state index contributed by atoms with van der Waals surface area (Å²) in [5.74, 6) is 1.82. The van der Waals surface area contributed by atoms with Gasteiger partial charge < -0.3 is 19.5 Å². The maximum absolute atomic E-state index is 12.0. The molecule has 0 heterocycles. The number of ether oxygens (including phenoxy) is 3. The molecule has 0 unspecified atom stereocenters. The number of halogens is 1. The van der Waals surface area contributed by atoms with E-state index in [4.69, 9.17) is 25.8 Å². The summed E-state index contributed by atoms with van der Waals surface area (Å²) in [6.45, 7) is 4.29. The Bertz CT molecular complexity index is 753. The zero-order valence-electron chi connectivity index (χ0n) is 15.5. The lowest BCUT2D eigenvalue weighted by molar-refractivity contribution is -0.123. The number of amides is 1. The van der Waals surface area contributed by atoms with Crippen LogP contribution in [0.25, 0.3) is 0 Å². The minimum atomic E-state index is -0.171. The highest BCUT2D eigenvalue weighted by atomic mass is 35.5. The number of rotatable bonds is 8. The number of hydrogen-bond donors (Lipinski definition) is 1. The van der Waals surface area contributed by atoms with Crippen molar-refractivity contribution in [3.8, 4) is 17.2 Å². The molecule has 5 nitrogen and oxygen atoms in total. The molecule has 2 rings (SSSR count). The lowest BCUT2D eigenvalue weighted by Crippen LogP contribution is -2.30. The van der Waals surface area contributed by atoms with Gasteiger partial charge in [-0.05, 0) is 61.2 Å². The van der Waals surface area contributed by atoms with Gasteiger partial charge >= 0.3 is 0 Å². The molecular weight excluding hydrogens is 354 g/mol. The highest BCUT2D eigenvalue weighted by Crippen LogP contribution is 2.27. The number of methoxy groups -OCH3 is 2. The molecule has 0 aromatic heterocycles. The molecule has 26 heavy (non-hydrogen) atoms. The van der Waals surface area contributed by atoms with E-state index in [-0.39, 0.29) is 12.5 Å². The molecule has 0 aliphatic rings. The molecule has 1 N–H and O–H groups in total. The second kappa shape index (κ2) is 9.34. The molecule has 0 bridgehead atoms. The lowest BCUT2D eigenvalue weighted by atomic mass is 10.1. The van der Waals surface area contributed by atoms with Gasteiger partial charge in [-0.25, -0.2) is 0 Å². The van der Waals surface area contributed by atoms with Crippen LogP contribution in [0.3, 0.4) is 0 Å². The van der Waals surface area contributed by atoms with Crippen molar-refractivity contribution < 1.29 is 19.0 Å². The number of carbonyl (C=O) groups excluding carboxylic acids is 1. The van der Waals surface area contributed by atoms with Crippen LogP contribution in [0.15, 0.2) is 30.3 Å². The van der Waals surface area contributed by atoms with Gasteiger partial charge in [0.1, 0.15) is 5.75 Å². The van der Waals surface area contributed by atoms with E-state index in [2.05, 4.69) is 5.32 Å². The summed E-state index contributed by atoms with van der Waals surface area (Å²) in [4.78, 5) is 12.0. The topological polar surface area (TPSA) is 56.8 Å². The van der Waals surface area contributed by atoms with Crippen molar-refractivity contribution in [2.75, 3.05) is 27.4 Å². The van der Waals surface area contributed by atoms with Crippen LogP contribution in [-0.2, 0) is 11.2 Å². The maximum Gasteiger partial charge on any atom is 0.257 e. The van der Waals surface area contributed by atoms with Crippen molar-refractivity contribution >= 4 is 17.5 Å². The first-order chi connectivity index (χ1) is 12.4. The van der Waals surface area contributed by atoms with Crippen LogP contribution in [0.1, 0.15) is 16.7 Å². The summed E-state index contributed by atoms with van der Waals surface area (Å²) in [6, 6.07) is 9.35. The molecule has 1 amide bonds. The Morgan fingerprint density at radius 3 is 2.31 bits per heavy atom. The first-order valence-corrected chi connectivity index (χ1v) is 8.69. The van der Waals surface area contributed by atoms with Crippen LogP contribution < -0.4 is 19.5 Å². The fourth-order valence-corrected chi connectivity index (χ4v) is 2.68. The van der Waals surface area contributed by atoms with E-state index in [0.717, 1.165) is 21.7 Å². The monoisotopic (exact) mass is 377 g/mol. The molecule has 140 valence electrons. The second-order valence-electron chi connectivity index (χ2n) is 5.95. The second-order valence-corrected chi connectivity index (χ2v) is 6.33. The normalized spacial score (nSPS) is 10.3. The molecule has 2 aromatic rings. The van der Waals surface area contributed by atoms with Gasteiger partial charge in [0.25, 0.3) is 5.91 Å². The molecule has 0 atom stereocenters. The van der Waals surface area contributed by atoms with E-state index >= 15 is 0 Å². The van der Waals surface area contributed by atoms with Crippen molar-refractivity contribution in [3.63, 3.8) is 0 Å². The zero-order valence-corrected chi connectivity index (χ0v) is 16.3. The first-order valence-electron chi connectivity index (χ1n) is 8.31. The van der Waals surface area contributed by atoms with Crippen LogP contribution in [0, 0.1) is 13.8 Å². The minimum absolute atomic E-state index is 0.0353. The summed E-state index contributed by atoms with van der Waals surface area (Å²) in [5.41, 5.74) is 2.90. The molecule has 2 aromatic carbocycles. The third-order valence-electron chi connectivity index (χ3n) is 3.96. The average Bonchev–Trinajstić information content (AvgIpc) is 2.64. The Morgan fingerprint density at radius 1 is 1.04 bits per heavy atom. The Kier molecular flexibility index (Phi) is 7.16. The highest BCUT2D eigenvalue weighted by molar-refractivity contribution is 6.32. The third kappa shape index (κ3) is 5.30. The number of benzene rings is 2. The Morgan fingerprint density at radius 2 is 1.69 bits per heavy atom. The van der Waals surface area contributed by atoms with Gasteiger partial charge in [-0.1, -0.05) is 17.7 Å². The van der Waals surface area contributed by atoms with E-state index in [1.807, 2.05) is 44.2 Å². The summed E-state index contributed by atoms with van der Waals surface area (Å²) < 4.78 is 16.0. The summed E-state index contributed by atoms with van der Waals surface area (Å²) in [5, 5.41) is 3.57. The van der Waals surface area contributed by atoms with Gasteiger partial charge in [-0.3, -0.25) is 4.79 Å². The van der Waals surface area contributed by atoms with Gasteiger partial charge in [-0.15, -0.1) is 0 Å². The third-order valence-corrected chi connectivity index (χ3v) is 4.56. The SMILES string of the molecule is COc1ccc(CCNC(=O)COc2cc(C)c(Cl)c(C)c2)cc1OC. The first kappa shape index (κ1) is 19.9. The van der Waals surface area contributed by atoms with Crippen LogP contribution >= 0.6 is 11.6 Å². The Balaban J connectivity index is 1.80. The van der Waals surface area contributed by atoms with Gasteiger partial charge in [-0.2, -0.15) is 0 Å². The van der Waals surface area contributed by atoms with Gasteiger partial charge in [0.2, 0.25) is 0 Å². The minimum Gasteiger partial charge on any atom is -0.493 e. The Hall–Kier alpha value is -2.40. The molecule has 0 aliphatic carbocycles. The molecule has 6 heteroatoms. The molecule has 0 spiro atoms. The van der Waals surface area contributed by atoms with Crippen LogP contribution in [0.2, 0.25) is 5.02 Å². The molecule has 0 fully saturated rings. The van der Waals surface area contributed by atoms with Crippen molar-refractivity contribution in [1.82, 2.24) is 5.32 Å². The number of nitrogens with one attached hydrogen (secondary N) is 1. The van der Waals surface area contributed by atoms with E-state index in [0.29, 0.717) is 30.2 Å². The largest absolute Gasteiger partial charge is 0.493 e. The van der Waals surface area contributed by atoms with Gasteiger partial charge in [0.05, 0.1) is 14.2 Å². The highest BCUT2D eigenvalue weighted by Gasteiger charge is 2.08. The standard InChI is InChI=1S/C20H24ClNO4/c1-13-9-16(10-14(2)20(13)21)26-12-19(23)22-8-7-15-5-6-17(24-3)18(11-15)25-4/h5-6,9-11H,7-8,12H2,1-4H3,(H,22,23). The fraction of sp³-hybridized carbons (Fsp3) is 0.350. The van der Waals surface area contributed by atoms with Crippen molar-refractivity contribution in [3.05, 3.63) is 52.0 Å². The van der Waals surface area contributed by atoms with Crippen molar-refractivity contribution in [2.45, 2.75) is 20.3 Å². The molecular formula is C20H24ClNO4. The summed E-state index contributed by atoms with van der Waals surface area (Å²) in [7, 11) is 3.20. The number of aryl methyl sites for hydroxylation is 2. The van der Waals surface area contributed by atoms with E-state index < -0.39 is 0 Å². The molecule has 0 aliphatic heterocycles. The predicted octanol–water partition coefficient (Wildman–Crippen LogP) is 3.71. The molecule has 0 saturated heterocycles. The van der Waals surface area contributed by atoms with E-state index in [1.54, 1.807) is 14.2 Å². The number of carbonyl (C=O) groups is 1. The zero-order chi connectivity index (χ0) is 19.1. The quantitative estimate of drug-likeness (QED) is 0.761. The molecule has 0 saturated carbocycles. The van der Waals surface area contributed by atoms with E-state index in [1.165, 1.54) is 0 Å². The van der Waals surface area contributed by atoms with Crippen LogP contribution in [0.5, 0.6) is 17.2 Å². The Labute approximate surface area is 159 Å². The van der Waals surface area contributed by atoms with E-state index in [9.17, 15) is 4.79 Å². The molecule has 0 radical (unpaired) electrons. The average molecular weight is 378 g/mol. The lowest BCUT2D eigenvalue weighted by Gasteiger charge is -2.11. The smallest absolute Gasteiger partial charge is 0.257 e. The van der Waals surface area contributed by atoms with Gasteiger partial charge in [0, 0.05) is 11.6 Å². The van der Waals surface area contributed by atoms with Crippen molar-refractivity contribution in [2.24, 2.45) is 0 Å². The predicted molar refractivity (Wildman–Crippen MR) is 103 cm³/mol. The summed E-state index contributed by atoms with van der Waals surface area (Å²) >= 11 is 6.13. The van der Waals surface area contributed by atoms with Crippen molar-refractivity contribution in [1.29, 1.82) is 0 Å². The fourth-order valence-electron chi connectivity index (χ4n) is 2.57.